The van der Waals surface area contributed by atoms with Crippen molar-refractivity contribution in [3.8, 4) is 5.75 Å². The molecule has 0 saturated heterocycles. The van der Waals surface area contributed by atoms with Crippen molar-refractivity contribution in [1.82, 2.24) is 5.32 Å². The average molecular weight is 289 g/mol. The molecule has 0 fully saturated rings. The molecule has 0 radical (unpaired) electrons. The summed E-state index contributed by atoms with van der Waals surface area (Å²) < 4.78 is 13.6. The number of phenolic OH excluding ortho intramolecular Hbond substituents is 1. The molecule has 21 heavy (non-hydrogen) atoms. The molecule has 110 valence electrons. The number of phenols is 1. The van der Waals surface area contributed by atoms with Gasteiger partial charge in [-0.25, -0.2) is 4.39 Å². The number of hydrogen-bond donors (Lipinski definition) is 3. The molecular formula is C16H16FNO3. The van der Waals surface area contributed by atoms with Crippen LogP contribution in [0.3, 0.4) is 0 Å². The van der Waals surface area contributed by atoms with Crippen LogP contribution in [0.15, 0.2) is 48.5 Å². The number of aromatic hydroxyl groups is 1. The molecular weight excluding hydrogens is 273 g/mol. The van der Waals surface area contributed by atoms with Crippen molar-refractivity contribution in [2.45, 2.75) is 12.5 Å². The molecule has 0 aliphatic carbocycles. The number of carbonyl (C=O) groups is 1. The summed E-state index contributed by atoms with van der Waals surface area (Å²) in [5.41, 5.74) is 0.794. The van der Waals surface area contributed by atoms with Gasteiger partial charge in [0.05, 0.1) is 18.2 Å². The first-order valence-corrected chi connectivity index (χ1v) is 6.54. The monoisotopic (exact) mass is 289 g/mol. The van der Waals surface area contributed by atoms with Gasteiger partial charge < -0.3 is 15.5 Å². The van der Waals surface area contributed by atoms with E-state index in [9.17, 15) is 14.3 Å². The van der Waals surface area contributed by atoms with Gasteiger partial charge in [-0.15, -0.1) is 0 Å². The fraction of sp³-hybridized carbons (Fsp3) is 0.188. The number of rotatable bonds is 5. The van der Waals surface area contributed by atoms with E-state index >= 15 is 0 Å². The minimum atomic E-state index is -0.802. The van der Waals surface area contributed by atoms with E-state index in [1.54, 1.807) is 0 Å². The molecule has 0 saturated carbocycles. The van der Waals surface area contributed by atoms with Crippen molar-refractivity contribution in [3.63, 3.8) is 0 Å². The van der Waals surface area contributed by atoms with Crippen molar-refractivity contribution in [2.75, 3.05) is 6.61 Å². The van der Waals surface area contributed by atoms with Gasteiger partial charge in [0.1, 0.15) is 11.6 Å². The Kier molecular flexibility index (Phi) is 4.90. The Balaban J connectivity index is 2.06. The smallest absolute Gasteiger partial charge is 0.254 e. The quantitative estimate of drug-likeness (QED) is 0.787. The highest BCUT2D eigenvalue weighted by Gasteiger charge is 2.17. The highest BCUT2D eigenvalue weighted by Crippen LogP contribution is 2.15. The number of carbonyl (C=O) groups excluding carboxylic acids is 1. The third-order valence-electron chi connectivity index (χ3n) is 3.08. The van der Waals surface area contributed by atoms with E-state index < -0.39 is 17.8 Å². The van der Waals surface area contributed by atoms with E-state index in [0.29, 0.717) is 6.42 Å². The summed E-state index contributed by atoms with van der Waals surface area (Å²) in [7, 11) is 0. The predicted octanol–water partition coefficient (Wildman–Crippen LogP) is 1.86. The first-order valence-electron chi connectivity index (χ1n) is 6.54. The molecule has 2 aromatic rings. The summed E-state index contributed by atoms with van der Waals surface area (Å²) >= 11 is 0. The fourth-order valence-electron chi connectivity index (χ4n) is 2.01. The lowest BCUT2D eigenvalue weighted by Crippen LogP contribution is -2.39. The number of aliphatic hydroxyl groups is 1. The van der Waals surface area contributed by atoms with Crippen LogP contribution in [0.5, 0.6) is 5.75 Å². The molecule has 0 aliphatic rings. The second kappa shape index (κ2) is 6.85. The van der Waals surface area contributed by atoms with Crippen molar-refractivity contribution in [2.24, 2.45) is 0 Å². The Labute approximate surface area is 121 Å². The second-order valence-electron chi connectivity index (χ2n) is 4.71. The average Bonchev–Trinajstić information content (AvgIpc) is 2.47. The summed E-state index contributed by atoms with van der Waals surface area (Å²) in [6, 6.07) is 12.2. The highest BCUT2D eigenvalue weighted by molar-refractivity contribution is 5.94. The van der Waals surface area contributed by atoms with Gasteiger partial charge in [0.25, 0.3) is 5.91 Å². The van der Waals surface area contributed by atoms with Gasteiger partial charge in [0.15, 0.2) is 0 Å². The lowest BCUT2D eigenvalue weighted by atomic mass is 10.1. The number of aliphatic hydroxyl groups excluding tert-OH is 1. The lowest BCUT2D eigenvalue weighted by molar-refractivity contribution is 0.0912. The number of benzene rings is 2. The molecule has 1 amide bonds. The fourth-order valence-corrected chi connectivity index (χ4v) is 2.01. The van der Waals surface area contributed by atoms with Gasteiger partial charge >= 0.3 is 0 Å². The Hall–Kier alpha value is -2.40. The first-order chi connectivity index (χ1) is 10.1. The molecule has 0 spiro atoms. The van der Waals surface area contributed by atoms with Crippen LogP contribution in [-0.2, 0) is 6.42 Å². The molecule has 1 atom stereocenters. The van der Waals surface area contributed by atoms with E-state index in [4.69, 9.17) is 5.11 Å². The molecule has 0 aromatic heterocycles. The Morgan fingerprint density at radius 2 is 1.90 bits per heavy atom. The maximum absolute atomic E-state index is 13.6. The van der Waals surface area contributed by atoms with E-state index in [1.165, 1.54) is 12.1 Å². The molecule has 2 aromatic carbocycles. The zero-order valence-electron chi connectivity index (χ0n) is 11.3. The number of nitrogens with one attached hydrogen (secondary N) is 1. The normalized spacial score (nSPS) is 11.9. The molecule has 0 unspecified atom stereocenters. The van der Waals surface area contributed by atoms with Crippen LogP contribution in [0.25, 0.3) is 0 Å². The molecule has 4 nitrogen and oxygen atoms in total. The topological polar surface area (TPSA) is 69.6 Å². The zero-order chi connectivity index (χ0) is 15.2. The van der Waals surface area contributed by atoms with E-state index in [2.05, 4.69) is 5.32 Å². The van der Waals surface area contributed by atoms with Crippen molar-refractivity contribution >= 4 is 5.91 Å². The van der Waals surface area contributed by atoms with E-state index in [-0.39, 0.29) is 17.9 Å². The minimum absolute atomic E-state index is 0.167. The largest absolute Gasteiger partial charge is 0.508 e. The number of amides is 1. The molecule has 2 rings (SSSR count). The number of halogens is 1. The second-order valence-corrected chi connectivity index (χ2v) is 4.71. The first kappa shape index (κ1) is 15.0. The lowest BCUT2D eigenvalue weighted by Gasteiger charge is -2.16. The van der Waals surface area contributed by atoms with Crippen LogP contribution in [0.2, 0.25) is 0 Å². The molecule has 5 heteroatoms. The van der Waals surface area contributed by atoms with E-state index in [0.717, 1.165) is 11.6 Å². The summed E-state index contributed by atoms with van der Waals surface area (Å²) in [6.07, 6.45) is 0.447. The van der Waals surface area contributed by atoms with Crippen molar-refractivity contribution in [1.29, 1.82) is 0 Å². The third-order valence-corrected chi connectivity index (χ3v) is 3.08. The third kappa shape index (κ3) is 4.03. The minimum Gasteiger partial charge on any atom is -0.508 e. The Morgan fingerprint density at radius 1 is 1.19 bits per heavy atom. The highest BCUT2D eigenvalue weighted by atomic mass is 19.1. The van der Waals surface area contributed by atoms with Crippen molar-refractivity contribution < 1.29 is 19.4 Å². The van der Waals surface area contributed by atoms with Gasteiger partial charge in [0.2, 0.25) is 0 Å². The summed E-state index contributed by atoms with van der Waals surface area (Å²) in [5.74, 6) is -1.67. The van der Waals surface area contributed by atoms with Gasteiger partial charge in [-0.1, -0.05) is 30.3 Å². The molecule has 3 N–H and O–H groups in total. The molecule has 0 heterocycles. The Morgan fingerprint density at radius 3 is 2.52 bits per heavy atom. The zero-order valence-corrected chi connectivity index (χ0v) is 11.3. The van der Waals surface area contributed by atoms with Crippen LogP contribution < -0.4 is 5.32 Å². The van der Waals surface area contributed by atoms with Crippen molar-refractivity contribution in [3.05, 3.63) is 65.5 Å². The Bertz CT molecular complexity index is 616. The van der Waals surface area contributed by atoms with Gasteiger partial charge in [-0.2, -0.15) is 0 Å². The summed E-state index contributed by atoms with van der Waals surface area (Å²) in [6.45, 7) is -0.250. The van der Waals surface area contributed by atoms with Crippen LogP contribution in [0.1, 0.15) is 15.9 Å². The summed E-state index contributed by atoms with van der Waals surface area (Å²) in [5, 5.41) is 21.1. The predicted molar refractivity (Wildman–Crippen MR) is 76.6 cm³/mol. The molecule has 0 aliphatic heterocycles. The summed E-state index contributed by atoms with van der Waals surface area (Å²) in [4.78, 5) is 12.0. The standard InChI is InChI=1S/C16H16FNO3/c17-15-9-13(20)6-7-14(15)16(21)18-12(10-19)8-11-4-2-1-3-5-11/h1-7,9,12,19-20H,8,10H2,(H,18,21)/t12-/m1/s1. The van der Waals surface area contributed by atoms with Gasteiger partial charge in [-0.05, 0) is 24.1 Å². The van der Waals surface area contributed by atoms with Gasteiger partial charge in [-0.3, -0.25) is 4.79 Å². The molecule has 0 bridgehead atoms. The van der Waals surface area contributed by atoms with Gasteiger partial charge in [0, 0.05) is 6.07 Å². The SMILES string of the molecule is O=C(N[C@@H](CO)Cc1ccccc1)c1ccc(O)cc1F. The van der Waals surface area contributed by atoms with Crippen LogP contribution in [0.4, 0.5) is 4.39 Å². The van der Waals surface area contributed by atoms with E-state index in [1.807, 2.05) is 30.3 Å². The maximum Gasteiger partial charge on any atom is 0.254 e. The maximum atomic E-state index is 13.6. The van der Waals surface area contributed by atoms with Crippen LogP contribution in [0, 0.1) is 5.82 Å². The van der Waals surface area contributed by atoms with Crippen LogP contribution in [-0.4, -0.2) is 28.8 Å². The van der Waals surface area contributed by atoms with Crippen LogP contribution >= 0.6 is 0 Å². The number of hydrogen-bond acceptors (Lipinski definition) is 3.